The number of carbonyl (C=O) groups excluding carboxylic acids is 3. The van der Waals surface area contributed by atoms with Crippen LogP contribution in [0.4, 0.5) is 11.4 Å². The second-order valence-electron chi connectivity index (χ2n) is 7.02. The first-order chi connectivity index (χ1) is 16.3. The number of ether oxygens (including phenoxy) is 1. The molecule has 3 N–H and O–H groups in total. The Morgan fingerprint density at radius 2 is 1.74 bits per heavy atom. The zero-order valence-corrected chi connectivity index (χ0v) is 19.5. The molecule has 8 nitrogen and oxygen atoms in total. The summed E-state index contributed by atoms with van der Waals surface area (Å²) < 4.78 is 5.57. The van der Waals surface area contributed by atoms with Crippen molar-refractivity contribution in [2.24, 2.45) is 5.10 Å². The molecule has 0 bridgehead atoms. The zero-order valence-electron chi connectivity index (χ0n) is 18.0. The van der Waals surface area contributed by atoms with Gasteiger partial charge in [-0.3, -0.25) is 14.4 Å². The highest BCUT2D eigenvalue weighted by molar-refractivity contribution is 6.39. The number of nitrogens with zero attached hydrogens (tertiary/aromatic N) is 1. The summed E-state index contributed by atoms with van der Waals surface area (Å²) in [5.74, 6) is -1.88. The molecule has 0 unspecified atom stereocenters. The number of hydrogen-bond donors (Lipinski definition) is 3. The van der Waals surface area contributed by atoms with Crippen LogP contribution in [0.2, 0.25) is 10.0 Å². The van der Waals surface area contributed by atoms with Gasteiger partial charge >= 0.3 is 11.8 Å². The highest BCUT2D eigenvalue weighted by atomic mass is 35.5. The number of carbonyl (C=O) groups is 3. The smallest absolute Gasteiger partial charge is 0.329 e. The van der Waals surface area contributed by atoms with Gasteiger partial charge in [-0.1, -0.05) is 47.5 Å². The standard InChI is InChI=1S/C24H20Cl2N4O4/c1-15-5-4-7-18(11-15)28-23(32)24(33)30-27-13-16-6-2-3-8-21(16)34-14-22(31)29-20-10-9-17(25)12-19(20)26/h2-13H,14H2,1H3,(H,28,32)(H,29,31)(H,30,33)/b27-13-. The van der Waals surface area contributed by atoms with Crippen LogP contribution in [-0.2, 0) is 14.4 Å². The molecule has 0 saturated carbocycles. The molecular formula is C24H20Cl2N4O4. The number of hydrazone groups is 1. The van der Waals surface area contributed by atoms with Crippen molar-refractivity contribution >= 4 is 58.5 Å². The Labute approximate surface area is 205 Å². The normalized spacial score (nSPS) is 10.6. The average Bonchev–Trinajstić information content (AvgIpc) is 2.80. The number of para-hydroxylation sites is 1. The van der Waals surface area contributed by atoms with E-state index in [4.69, 9.17) is 27.9 Å². The molecule has 0 atom stereocenters. The van der Waals surface area contributed by atoms with Crippen molar-refractivity contribution < 1.29 is 19.1 Å². The Kier molecular flexibility index (Phi) is 8.61. The number of aryl methyl sites for hydroxylation is 1. The Bertz CT molecular complexity index is 1250. The summed E-state index contributed by atoms with van der Waals surface area (Å²) in [6.07, 6.45) is 1.31. The summed E-state index contributed by atoms with van der Waals surface area (Å²) in [5.41, 5.74) is 4.49. The number of halogens is 2. The van der Waals surface area contributed by atoms with Crippen molar-refractivity contribution in [3.8, 4) is 5.75 Å². The molecule has 3 aromatic carbocycles. The molecule has 3 rings (SSSR count). The molecular weight excluding hydrogens is 479 g/mol. The van der Waals surface area contributed by atoms with Crippen molar-refractivity contribution in [1.29, 1.82) is 0 Å². The van der Waals surface area contributed by atoms with Gasteiger partial charge in [0.05, 0.1) is 16.9 Å². The van der Waals surface area contributed by atoms with E-state index in [0.29, 0.717) is 32.7 Å². The Balaban J connectivity index is 1.54. The van der Waals surface area contributed by atoms with E-state index < -0.39 is 17.7 Å². The topological polar surface area (TPSA) is 109 Å². The lowest BCUT2D eigenvalue weighted by atomic mass is 10.2. The summed E-state index contributed by atoms with van der Waals surface area (Å²) >= 11 is 11.9. The number of benzene rings is 3. The van der Waals surface area contributed by atoms with Crippen LogP contribution in [0, 0.1) is 6.92 Å². The number of rotatable bonds is 7. The molecule has 0 aliphatic rings. The maximum atomic E-state index is 12.2. The lowest BCUT2D eigenvalue weighted by Gasteiger charge is -2.10. The average molecular weight is 499 g/mol. The Morgan fingerprint density at radius 3 is 2.50 bits per heavy atom. The van der Waals surface area contributed by atoms with Gasteiger partial charge in [-0.05, 0) is 55.0 Å². The number of amides is 3. The zero-order chi connectivity index (χ0) is 24.5. The molecule has 3 aromatic rings. The molecule has 3 amide bonds. The van der Waals surface area contributed by atoms with E-state index >= 15 is 0 Å². The largest absolute Gasteiger partial charge is 0.483 e. The van der Waals surface area contributed by atoms with Crippen LogP contribution in [-0.4, -0.2) is 30.5 Å². The number of anilines is 2. The van der Waals surface area contributed by atoms with Gasteiger partial charge in [0, 0.05) is 16.3 Å². The third-order valence-corrected chi connectivity index (χ3v) is 4.88. The van der Waals surface area contributed by atoms with E-state index in [-0.39, 0.29) is 6.61 Å². The monoisotopic (exact) mass is 498 g/mol. The van der Waals surface area contributed by atoms with Gasteiger partial charge in [0.25, 0.3) is 5.91 Å². The highest BCUT2D eigenvalue weighted by Crippen LogP contribution is 2.25. The second kappa shape index (κ2) is 11.8. The Hall–Kier alpha value is -3.88. The maximum Gasteiger partial charge on any atom is 0.329 e. The summed E-state index contributed by atoms with van der Waals surface area (Å²) in [7, 11) is 0. The SMILES string of the molecule is Cc1cccc(NC(=O)C(=O)N/N=C\c2ccccc2OCC(=O)Nc2ccc(Cl)cc2Cl)c1. The van der Waals surface area contributed by atoms with E-state index in [0.717, 1.165) is 5.56 Å². The van der Waals surface area contributed by atoms with Crippen molar-refractivity contribution in [2.75, 3.05) is 17.2 Å². The minimum atomic E-state index is -0.935. The number of nitrogens with one attached hydrogen (secondary N) is 3. The van der Waals surface area contributed by atoms with E-state index in [2.05, 4.69) is 21.2 Å². The van der Waals surface area contributed by atoms with Gasteiger partial charge in [-0.25, -0.2) is 5.43 Å². The summed E-state index contributed by atoms with van der Waals surface area (Å²) in [6.45, 7) is 1.57. The van der Waals surface area contributed by atoms with Gasteiger partial charge in [-0.15, -0.1) is 0 Å². The molecule has 0 fully saturated rings. The van der Waals surface area contributed by atoms with E-state index in [9.17, 15) is 14.4 Å². The summed E-state index contributed by atoms with van der Waals surface area (Å²) in [4.78, 5) is 36.2. The molecule has 0 spiro atoms. The predicted octanol–water partition coefficient (Wildman–Crippen LogP) is 4.41. The van der Waals surface area contributed by atoms with Crippen LogP contribution in [0.15, 0.2) is 71.8 Å². The van der Waals surface area contributed by atoms with Crippen LogP contribution in [0.1, 0.15) is 11.1 Å². The molecule has 174 valence electrons. The fraction of sp³-hybridized carbons (Fsp3) is 0.0833. The minimum Gasteiger partial charge on any atom is -0.483 e. The van der Waals surface area contributed by atoms with Crippen molar-refractivity contribution in [2.45, 2.75) is 6.92 Å². The predicted molar refractivity (Wildman–Crippen MR) is 133 cm³/mol. The molecule has 0 aliphatic heterocycles. The quantitative estimate of drug-likeness (QED) is 0.254. The molecule has 0 radical (unpaired) electrons. The van der Waals surface area contributed by atoms with Gasteiger partial charge in [-0.2, -0.15) is 5.10 Å². The fourth-order valence-corrected chi connectivity index (χ4v) is 3.22. The third kappa shape index (κ3) is 7.33. The van der Waals surface area contributed by atoms with E-state index in [1.165, 1.54) is 12.3 Å². The van der Waals surface area contributed by atoms with Crippen molar-refractivity contribution in [3.05, 3.63) is 87.9 Å². The molecule has 10 heteroatoms. The summed E-state index contributed by atoms with van der Waals surface area (Å²) in [6, 6.07) is 18.5. The highest BCUT2D eigenvalue weighted by Gasteiger charge is 2.13. The molecule has 0 heterocycles. The first kappa shape index (κ1) is 24.8. The number of hydrogen-bond acceptors (Lipinski definition) is 5. The second-order valence-corrected chi connectivity index (χ2v) is 7.87. The first-order valence-electron chi connectivity index (χ1n) is 9.99. The molecule has 0 aromatic heterocycles. The van der Waals surface area contributed by atoms with Crippen molar-refractivity contribution in [1.82, 2.24) is 5.43 Å². The summed E-state index contributed by atoms with van der Waals surface area (Å²) in [5, 5.41) is 9.68. The third-order valence-electron chi connectivity index (χ3n) is 4.33. The van der Waals surface area contributed by atoms with Crippen LogP contribution < -0.4 is 20.8 Å². The molecule has 34 heavy (non-hydrogen) atoms. The molecule has 0 saturated heterocycles. The lowest BCUT2D eigenvalue weighted by molar-refractivity contribution is -0.136. The first-order valence-corrected chi connectivity index (χ1v) is 10.7. The van der Waals surface area contributed by atoms with E-state index in [1.54, 1.807) is 54.6 Å². The van der Waals surface area contributed by atoms with Crippen LogP contribution in [0.5, 0.6) is 5.75 Å². The maximum absolute atomic E-state index is 12.2. The van der Waals surface area contributed by atoms with Gasteiger partial charge < -0.3 is 15.4 Å². The Morgan fingerprint density at radius 1 is 0.941 bits per heavy atom. The fourth-order valence-electron chi connectivity index (χ4n) is 2.76. The minimum absolute atomic E-state index is 0.297. The van der Waals surface area contributed by atoms with E-state index in [1.807, 2.05) is 13.0 Å². The van der Waals surface area contributed by atoms with Gasteiger partial charge in [0.15, 0.2) is 6.61 Å². The van der Waals surface area contributed by atoms with Crippen LogP contribution in [0.25, 0.3) is 0 Å². The van der Waals surface area contributed by atoms with Crippen LogP contribution >= 0.6 is 23.2 Å². The molecule has 0 aliphatic carbocycles. The van der Waals surface area contributed by atoms with Gasteiger partial charge in [0.1, 0.15) is 5.75 Å². The lowest BCUT2D eigenvalue weighted by Crippen LogP contribution is -2.32. The van der Waals surface area contributed by atoms with Crippen LogP contribution in [0.3, 0.4) is 0 Å². The van der Waals surface area contributed by atoms with Crippen molar-refractivity contribution in [3.63, 3.8) is 0 Å². The van der Waals surface area contributed by atoms with Gasteiger partial charge in [0.2, 0.25) is 0 Å².